The van der Waals surface area contributed by atoms with Gasteiger partial charge in [0.05, 0.1) is 12.2 Å². The molecule has 1 saturated carbocycles. The lowest BCUT2D eigenvalue weighted by Gasteiger charge is -2.44. The van der Waals surface area contributed by atoms with Crippen LogP contribution in [0.2, 0.25) is 10.0 Å². The minimum absolute atomic E-state index is 0.100. The van der Waals surface area contributed by atoms with Crippen molar-refractivity contribution in [2.24, 2.45) is 0 Å². The summed E-state index contributed by atoms with van der Waals surface area (Å²) in [7, 11) is 1.73. The number of benzene rings is 1. The maximum Gasteiger partial charge on any atom is 0.0987 e. The Morgan fingerprint density at radius 3 is 2.75 bits per heavy atom. The smallest absolute Gasteiger partial charge is 0.0987 e. The Bertz CT molecular complexity index is 455. The van der Waals surface area contributed by atoms with Gasteiger partial charge < -0.3 is 14.8 Å². The van der Waals surface area contributed by atoms with Crippen LogP contribution in [0.3, 0.4) is 0 Å². The molecule has 0 aromatic heterocycles. The molecule has 1 aromatic carbocycles. The molecule has 2 rings (SSSR count). The first-order valence-electron chi connectivity index (χ1n) is 6.92. The van der Waals surface area contributed by atoms with E-state index in [1.807, 2.05) is 19.1 Å². The second kappa shape index (κ2) is 7.10. The van der Waals surface area contributed by atoms with Crippen molar-refractivity contribution in [1.29, 1.82) is 0 Å². The maximum atomic E-state index is 6.24. The first-order chi connectivity index (χ1) is 9.56. The van der Waals surface area contributed by atoms with E-state index < -0.39 is 0 Å². The van der Waals surface area contributed by atoms with Crippen molar-refractivity contribution in [3.8, 4) is 0 Å². The van der Waals surface area contributed by atoms with Gasteiger partial charge in [0, 0.05) is 35.8 Å². The highest BCUT2D eigenvalue weighted by molar-refractivity contribution is 6.35. The molecule has 0 bridgehead atoms. The highest BCUT2D eigenvalue weighted by Crippen LogP contribution is 2.31. The van der Waals surface area contributed by atoms with Gasteiger partial charge >= 0.3 is 0 Å². The molecule has 0 aliphatic heterocycles. The van der Waals surface area contributed by atoms with Crippen LogP contribution in [0.5, 0.6) is 0 Å². The van der Waals surface area contributed by atoms with Gasteiger partial charge in [-0.1, -0.05) is 29.3 Å². The predicted octanol–water partition coefficient (Wildman–Crippen LogP) is 3.84. The molecule has 4 atom stereocenters. The van der Waals surface area contributed by atoms with Crippen molar-refractivity contribution in [2.75, 3.05) is 13.7 Å². The third-order valence-corrected chi connectivity index (χ3v) is 4.36. The van der Waals surface area contributed by atoms with Crippen LogP contribution in [-0.2, 0) is 9.47 Å². The van der Waals surface area contributed by atoms with Gasteiger partial charge in [-0.2, -0.15) is 0 Å². The zero-order valence-corrected chi connectivity index (χ0v) is 13.5. The normalized spacial score (nSPS) is 27.1. The van der Waals surface area contributed by atoms with Crippen molar-refractivity contribution in [3.63, 3.8) is 0 Å². The highest BCUT2D eigenvalue weighted by atomic mass is 35.5. The van der Waals surface area contributed by atoms with Gasteiger partial charge in [0.15, 0.2) is 0 Å². The molecule has 0 amide bonds. The van der Waals surface area contributed by atoms with Gasteiger partial charge in [-0.25, -0.2) is 0 Å². The third-order valence-electron chi connectivity index (χ3n) is 3.80. The lowest BCUT2D eigenvalue weighted by atomic mass is 9.84. The lowest BCUT2D eigenvalue weighted by molar-refractivity contribution is -0.133. The minimum Gasteiger partial charge on any atom is -0.377 e. The first-order valence-corrected chi connectivity index (χ1v) is 7.67. The maximum absolute atomic E-state index is 6.24. The first kappa shape index (κ1) is 16.1. The second-order valence-corrected chi connectivity index (χ2v) is 5.93. The van der Waals surface area contributed by atoms with Crippen LogP contribution in [0.15, 0.2) is 18.2 Å². The highest BCUT2D eigenvalue weighted by Gasteiger charge is 2.42. The molecule has 1 aliphatic rings. The molecule has 0 saturated heterocycles. The average Bonchev–Trinajstić information content (AvgIpc) is 2.37. The monoisotopic (exact) mass is 317 g/mol. The van der Waals surface area contributed by atoms with E-state index in [1.165, 1.54) is 0 Å². The SMILES string of the molecule is CCOC1CC(NC(C)c2ccc(Cl)cc2Cl)C1OC. The molecule has 0 heterocycles. The Hall–Kier alpha value is -0.320. The third kappa shape index (κ3) is 3.46. The Balaban J connectivity index is 1.96. The Morgan fingerprint density at radius 2 is 2.15 bits per heavy atom. The standard InChI is InChI=1S/C15H21Cl2NO2/c1-4-20-14-8-13(15(14)19-3)18-9(2)11-6-5-10(16)7-12(11)17/h5-7,9,13-15,18H,4,8H2,1-3H3. The van der Waals surface area contributed by atoms with E-state index in [0.29, 0.717) is 16.1 Å². The van der Waals surface area contributed by atoms with Crippen LogP contribution in [0.1, 0.15) is 31.9 Å². The zero-order chi connectivity index (χ0) is 14.7. The van der Waals surface area contributed by atoms with Crippen LogP contribution in [0.25, 0.3) is 0 Å². The molecule has 5 heteroatoms. The summed E-state index contributed by atoms with van der Waals surface area (Å²) in [6.45, 7) is 4.81. The van der Waals surface area contributed by atoms with Gasteiger partial charge in [-0.05, 0) is 38.0 Å². The molecule has 112 valence electrons. The van der Waals surface area contributed by atoms with Crippen molar-refractivity contribution in [1.82, 2.24) is 5.32 Å². The predicted molar refractivity (Wildman–Crippen MR) is 82.6 cm³/mol. The number of halogens is 2. The number of nitrogens with one attached hydrogen (secondary N) is 1. The molecule has 0 radical (unpaired) electrons. The summed E-state index contributed by atoms with van der Waals surface area (Å²) in [5.41, 5.74) is 1.05. The van der Waals surface area contributed by atoms with Gasteiger partial charge in [0.25, 0.3) is 0 Å². The van der Waals surface area contributed by atoms with Crippen molar-refractivity contribution in [3.05, 3.63) is 33.8 Å². The lowest BCUT2D eigenvalue weighted by Crippen LogP contribution is -2.60. The molecule has 0 spiro atoms. The van der Waals surface area contributed by atoms with E-state index in [0.717, 1.165) is 18.6 Å². The van der Waals surface area contributed by atoms with E-state index in [2.05, 4.69) is 12.2 Å². The fourth-order valence-corrected chi connectivity index (χ4v) is 3.27. The minimum atomic E-state index is 0.100. The fraction of sp³-hybridized carbons (Fsp3) is 0.600. The Labute approximate surface area is 130 Å². The van der Waals surface area contributed by atoms with E-state index >= 15 is 0 Å². The summed E-state index contributed by atoms with van der Waals surface area (Å²) in [6, 6.07) is 6.03. The number of rotatable bonds is 6. The van der Waals surface area contributed by atoms with Gasteiger partial charge in [0.2, 0.25) is 0 Å². The Morgan fingerprint density at radius 1 is 1.40 bits per heavy atom. The van der Waals surface area contributed by atoms with Crippen molar-refractivity contribution >= 4 is 23.2 Å². The fourth-order valence-electron chi connectivity index (χ4n) is 2.70. The van der Waals surface area contributed by atoms with E-state index in [-0.39, 0.29) is 18.2 Å². The molecule has 4 unspecified atom stereocenters. The number of hydrogen-bond donors (Lipinski definition) is 1. The second-order valence-electron chi connectivity index (χ2n) is 5.09. The number of methoxy groups -OCH3 is 1. The number of ether oxygens (including phenoxy) is 2. The van der Waals surface area contributed by atoms with E-state index in [9.17, 15) is 0 Å². The average molecular weight is 318 g/mol. The zero-order valence-electron chi connectivity index (χ0n) is 12.0. The van der Waals surface area contributed by atoms with Crippen LogP contribution < -0.4 is 5.32 Å². The van der Waals surface area contributed by atoms with E-state index in [1.54, 1.807) is 13.2 Å². The van der Waals surface area contributed by atoms with Gasteiger partial charge in [-0.3, -0.25) is 0 Å². The summed E-state index contributed by atoms with van der Waals surface area (Å²) in [5, 5.41) is 4.89. The molecular formula is C15H21Cl2NO2. The molecule has 1 aliphatic carbocycles. The molecule has 20 heavy (non-hydrogen) atoms. The molecule has 1 fully saturated rings. The number of hydrogen-bond acceptors (Lipinski definition) is 3. The molecular weight excluding hydrogens is 297 g/mol. The van der Waals surface area contributed by atoms with Gasteiger partial charge in [-0.15, -0.1) is 0 Å². The van der Waals surface area contributed by atoms with E-state index in [4.69, 9.17) is 32.7 Å². The summed E-state index contributed by atoms with van der Waals surface area (Å²) < 4.78 is 11.1. The summed E-state index contributed by atoms with van der Waals surface area (Å²) in [5.74, 6) is 0. The summed E-state index contributed by atoms with van der Waals surface area (Å²) in [6.07, 6.45) is 1.25. The van der Waals surface area contributed by atoms with Gasteiger partial charge in [0.1, 0.15) is 0 Å². The molecule has 1 aromatic rings. The van der Waals surface area contributed by atoms with Crippen molar-refractivity contribution < 1.29 is 9.47 Å². The van der Waals surface area contributed by atoms with Crippen LogP contribution >= 0.6 is 23.2 Å². The summed E-state index contributed by atoms with van der Waals surface area (Å²) in [4.78, 5) is 0. The van der Waals surface area contributed by atoms with Crippen LogP contribution in [0, 0.1) is 0 Å². The largest absolute Gasteiger partial charge is 0.377 e. The summed E-state index contributed by atoms with van der Waals surface area (Å²) >= 11 is 12.2. The quantitative estimate of drug-likeness (QED) is 0.864. The topological polar surface area (TPSA) is 30.5 Å². The van der Waals surface area contributed by atoms with Crippen LogP contribution in [-0.4, -0.2) is 32.0 Å². The van der Waals surface area contributed by atoms with Crippen LogP contribution in [0.4, 0.5) is 0 Å². The Kier molecular flexibility index (Phi) is 5.70. The van der Waals surface area contributed by atoms with Crippen molar-refractivity contribution in [2.45, 2.75) is 44.6 Å². The molecule has 1 N–H and O–H groups in total. The molecule has 3 nitrogen and oxygen atoms in total.